The largest absolute Gasteiger partial charge is 0.460 e. The molecule has 2 heterocycles. The third-order valence-electron chi connectivity index (χ3n) is 9.53. The van der Waals surface area contributed by atoms with Crippen LogP contribution in [0.15, 0.2) is 42.0 Å². The van der Waals surface area contributed by atoms with Crippen LogP contribution in [0.3, 0.4) is 0 Å². The normalized spacial score (nSPS) is 29.1. The molecular formula is C35H53N3O7. The van der Waals surface area contributed by atoms with Crippen molar-refractivity contribution in [3.8, 4) is 0 Å². The summed E-state index contributed by atoms with van der Waals surface area (Å²) in [5.41, 5.74) is 7.18. The van der Waals surface area contributed by atoms with Gasteiger partial charge in [0.1, 0.15) is 23.4 Å². The van der Waals surface area contributed by atoms with Crippen molar-refractivity contribution in [3.63, 3.8) is 0 Å². The van der Waals surface area contributed by atoms with Gasteiger partial charge in [0.15, 0.2) is 0 Å². The first kappa shape index (κ1) is 35.1. The third-order valence-corrected chi connectivity index (χ3v) is 9.53. The van der Waals surface area contributed by atoms with Gasteiger partial charge in [0, 0.05) is 20.1 Å². The molecule has 4 rings (SSSR count). The van der Waals surface area contributed by atoms with Crippen molar-refractivity contribution < 1.29 is 33.3 Å². The number of nitrogens with two attached hydrogens (primary N) is 1. The van der Waals surface area contributed by atoms with Crippen LogP contribution in [0.4, 0.5) is 0 Å². The Kier molecular flexibility index (Phi) is 12.6. The molecule has 0 aromatic heterocycles. The first-order chi connectivity index (χ1) is 21.6. The van der Waals surface area contributed by atoms with Crippen LogP contribution in [-0.2, 0) is 39.8 Å². The van der Waals surface area contributed by atoms with Crippen LogP contribution in [0, 0.1) is 5.92 Å². The Hall–Kier alpha value is -2.79. The van der Waals surface area contributed by atoms with Crippen LogP contribution < -0.4 is 16.4 Å². The van der Waals surface area contributed by atoms with Crippen molar-refractivity contribution in [3.05, 3.63) is 47.5 Å². The number of rotatable bonds is 19. The fraction of sp³-hybridized carbons (Fsp3) is 0.686. The lowest BCUT2D eigenvalue weighted by Gasteiger charge is -2.42. The predicted octanol–water partition coefficient (Wildman–Crippen LogP) is 3.75. The fourth-order valence-electron chi connectivity index (χ4n) is 6.85. The van der Waals surface area contributed by atoms with E-state index in [4.69, 9.17) is 24.7 Å². The number of benzene rings is 1. The number of hydrogen-bond donors (Lipinski definition) is 3. The van der Waals surface area contributed by atoms with Crippen molar-refractivity contribution in [1.82, 2.24) is 10.6 Å². The molecule has 0 bridgehead atoms. The van der Waals surface area contributed by atoms with E-state index >= 15 is 0 Å². The Balaban J connectivity index is 1.08. The summed E-state index contributed by atoms with van der Waals surface area (Å²) in [5, 5.41) is 5.85. The average Bonchev–Trinajstić information content (AvgIpc) is 3.93. The van der Waals surface area contributed by atoms with Gasteiger partial charge in [0.25, 0.3) is 0 Å². The van der Waals surface area contributed by atoms with E-state index in [0.717, 1.165) is 56.9 Å². The molecule has 4 N–H and O–H groups in total. The highest BCUT2D eigenvalue weighted by Crippen LogP contribution is 2.59. The molecule has 3 fully saturated rings. The van der Waals surface area contributed by atoms with Crippen molar-refractivity contribution in [2.45, 2.75) is 121 Å². The molecule has 1 aliphatic carbocycles. The van der Waals surface area contributed by atoms with E-state index in [2.05, 4.69) is 37.5 Å². The van der Waals surface area contributed by atoms with E-state index in [9.17, 15) is 14.4 Å². The maximum absolute atomic E-state index is 12.8. The Morgan fingerprint density at radius 2 is 1.82 bits per heavy atom. The molecule has 2 aliphatic heterocycles. The van der Waals surface area contributed by atoms with Gasteiger partial charge < -0.3 is 30.0 Å². The molecule has 2 saturated heterocycles. The Bertz CT molecular complexity index is 1170. The summed E-state index contributed by atoms with van der Waals surface area (Å²) >= 11 is 0. The monoisotopic (exact) mass is 627 g/mol. The zero-order valence-electron chi connectivity index (χ0n) is 27.5. The van der Waals surface area contributed by atoms with Gasteiger partial charge in [-0.2, -0.15) is 0 Å². The predicted molar refractivity (Wildman–Crippen MR) is 171 cm³/mol. The van der Waals surface area contributed by atoms with Crippen LogP contribution in [-0.4, -0.2) is 80.1 Å². The lowest BCUT2D eigenvalue weighted by atomic mass is 9.68. The second-order valence-electron chi connectivity index (χ2n) is 13.3. The first-order valence-electron chi connectivity index (χ1n) is 16.6. The van der Waals surface area contributed by atoms with E-state index in [1.54, 1.807) is 7.11 Å². The molecule has 250 valence electrons. The van der Waals surface area contributed by atoms with Gasteiger partial charge in [-0.3, -0.25) is 19.7 Å². The van der Waals surface area contributed by atoms with E-state index in [0.29, 0.717) is 26.0 Å². The number of amides is 2. The van der Waals surface area contributed by atoms with Gasteiger partial charge in [-0.05, 0) is 64.9 Å². The van der Waals surface area contributed by atoms with Crippen molar-refractivity contribution in [2.75, 3.05) is 26.8 Å². The lowest BCUT2D eigenvalue weighted by molar-refractivity contribution is -0.172. The SMILES string of the molecule is COC1C(OC(=O)CCCCCCCNC(=O)CN[C@@H](Cc2ccccc2)C(N)=O)CC[C@]2(CO2)C1C1(C)O[C@@H]1CC=C(C)C. The van der Waals surface area contributed by atoms with E-state index in [1.807, 2.05) is 30.3 Å². The summed E-state index contributed by atoms with van der Waals surface area (Å²) < 4.78 is 24.2. The minimum atomic E-state index is -0.603. The number of nitrogens with one attached hydrogen (secondary N) is 2. The van der Waals surface area contributed by atoms with Gasteiger partial charge in [-0.25, -0.2) is 0 Å². The summed E-state index contributed by atoms with van der Waals surface area (Å²) in [5.74, 6) is -0.810. The average molecular weight is 628 g/mol. The van der Waals surface area contributed by atoms with Crippen LogP contribution in [0.1, 0.15) is 84.1 Å². The Labute approximate surface area is 268 Å². The minimum Gasteiger partial charge on any atom is -0.460 e. The van der Waals surface area contributed by atoms with Crippen LogP contribution in [0.25, 0.3) is 0 Å². The third kappa shape index (κ3) is 9.85. The summed E-state index contributed by atoms with van der Waals surface area (Å²) in [4.78, 5) is 36.8. The number of methoxy groups -OCH3 is 1. The lowest BCUT2D eigenvalue weighted by Crippen LogP contribution is -2.55. The van der Waals surface area contributed by atoms with Gasteiger partial charge in [-0.15, -0.1) is 0 Å². The van der Waals surface area contributed by atoms with Crippen molar-refractivity contribution in [1.29, 1.82) is 0 Å². The maximum atomic E-state index is 12.8. The molecule has 45 heavy (non-hydrogen) atoms. The minimum absolute atomic E-state index is 0.0206. The van der Waals surface area contributed by atoms with E-state index < -0.39 is 11.9 Å². The highest BCUT2D eigenvalue weighted by molar-refractivity contribution is 5.82. The Morgan fingerprint density at radius 1 is 1.11 bits per heavy atom. The molecule has 1 aromatic carbocycles. The topological polar surface area (TPSA) is 145 Å². The number of carbonyl (C=O) groups excluding carboxylic acids is 3. The van der Waals surface area contributed by atoms with Crippen LogP contribution in [0.2, 0.25) is 0 Å². The quantitative estimate of drug-likeness (QED) is 0.0911. The van der Waals surface area contributed by atoms with Gasteiger partial charge in [-0.1, -0.05) is 61.2 Å². The smallest absolute Gasteiger partial charge is 0.306 e. The van der Waals surface area contributed by atoms with Gasteiger partial charge >= 0.3 is 5.97 Å². The van der Waals surface area contributed by atoms with Crippen LogP contribution in [0.5, 0.6) is 0 Å². The molecule has 3 aliphatic rings. The molecule has 1 aromatic rings. The van der Waals surface area contributed by atoms with Crippen molar-refractivity contribution in [2.24, 2.45) is 11.7 Å². The molecular weight excluding hydrogens is 574 g/mol. The van der Waals surface area contributed by atoms with E-state index in [1.165, 1.54) is 5.57 Å². The molecule has 1 saturated carbocycles. The summed E-state index contributed by atoms with van der Waals surface area (Å²) in [7, 11) is 1.69. The highest BCUT2D eigenvalue weighted by atomic mass is 16.6. The maximum Gasteiger partial charge on any atom is 0.306 e. The standard InChI is InChI=1S/C35H53N3O7/c1-24(2)16-17-28-34(3,45-28)32-31(42-4)27(18-19-35(32)23-43-35)44-30(40)15-11-6-5-7-12-20-37-29(39)22-38-26(33(36)41)21-25-13-9-8-10-14-25/h8-10,13-14,16,26-28,31-32,38H,5-7,11-12,15,17-23H2,1-4H3,(H2,36,41)(H,37,39)/t26-,27?,28+,31?,32?,34?,35-/m0/s1. The van der Waals surface area contributed by atoms with E-state index in [-0.39, 0.29) is 53.9 Å². The number of esters is 1. The zero-order chi connectivity index (χ0) is 32.5. The second-order valence-corrected chi connectivity index (χ2v) is 13.3. The second kappa shape index (κ2) is 16.2. The molecule has 1 spiro atoms. The van der Waals surface area contributed by atoms with Gasteiger partial charge in [0.2, 0.25) is 11.8 Å². The molecule has 10 nitrogen and oxygen atoms in total. The number of carbonyl (C=O) groups is 3. The van der Waals surface area contributed by atoms with Gasteiger partial charge in [0.05, 0.1) is 31.2 Å². The number of hydrogen-bond acceptors (Lipinski definition) is 8. The summed E-state index contributed by atoms with van der Waals surface area (Å²) in [6.07, 6.45) is 9.46. The molecule has 7 atom stereocenters. The van der Waals surface area contributed by atoms with Crippen LogP contribution >= 0.6 is 0 Å². The molecule has 10 heteroatoms. The van der Waals surface area contributed by atoms with Crippen molar-refractivity contribution >= 4 is 17.8 Å². The molecule has 0 radical (unpaired) electrons. The Morgan fingerprint density at radius 3 is 2.49 bits per heavy atom. The summed E-state index contributed by atoms with van der Waals surface area (Å²) in [6.45, 7) is 7.64. The summed E-state index contributed by atoms with van der Waals surface area (Å²) in [6, 6.07) is 8.96. The fourth-order valence-corrected chi connectivity index (χ4v) is 6.85. The number of allylic oxidation sites excluding steroid dienone is 1. The molecule has 4 unspecified atom stereocenters. The number of unbranched alkanes of at least 4 members (excludes halogenated alkanes) is 4. The molecule has 2 amide bonds. The number of epoxide rings is 2. The number of primary amides is 1. The highest BCUT2D eigenvalue weighted by Gasteiger charge is 2.72. The first-order valence-corrected chi connectivity index (χ1v) is 16.6. The zero-order valence-corrected chi connectivity index (χ0v) is 27.5. The number of ether oxygens (including phenoxy) is 4.